The molecule has 4 atom stereocenters. The summed E-state index contributed by atoms with van der Waals surface area (Å²) < 4.78 is 0. The molecule has 4 heteroatoms. The number of phenolic OH excluding ortho intramolecular Hbond substituents is 1. The number of Topliss-reactive ketones (excluding diaryl/α,β-unsaturated/α-hetero) is 1. The van der Waals surface area contributed by atoms with Crippen molar-refractivity contribution >= 4 is 11.7 Å². The lowest BCUT2D eigenvalue weighted by molar-refractivity contribution is -0.130. The average Bonchev–Trinajstić information content (AvgIpc) is 3.14. The maximum atomic E-state index is 12.6. The van der Waals surface area contributed by atoms with Gasteiger partial charge in [-0.1, -0.05) is 43.3 Å². The Kier molecular flexibility index (Phi) is 6.26. The zero-order valence-corrected chi connectivity index (χ0v) is 20.6. The summed E-state index contributed by atoms with van der Waals surface area (Å²) in [4.78, 5) is 27.0. The van der Waals surface area contributed by atoms with Crippen molar-refractivity contribution in [3.05, 3.63) is 64.7 Å². The Balaban J connectivity index is 1.24. The Morgan fingerprint density at radius 2 is 1.91 bits per heavy atom. The molecule has 2 aromatic carbocycles. The molecule has 1 amide bonds. The molecule has 3 unspecified atom stereocenters. The van der Waals surface area contributed by atoms with Crippen LogP contribution in [0.3, 0.4) is 0 Å². The van der Waals surface area contributed by atoms with Gasteiger partial charge >= 0.3 is 0 Å². The summed E-state index contributed by atoms with van der Waals surface area (Å²) in [5.74, 6) is 2.60. The Labute approximate surface area is 203 Å². The number of ketones is 1. The van der Waals surface area contributed by atoms with E-state index in [1.807, 2.05) is 43.4 Å². The smallest absolute Gasteiger partial charge is 0.222 e. The van der Waals surface area contributed by atoms with Gasteiger partial charge in [0.25, 0.3) is 0 Å². The van der Waals surface area contributed by atoms with E-state index in [9.17, 15) is 14.7 Å². The molecular weight excluding hydrogens is 422 g/mol. The largest absolute Gasteiger partial charge is 0.508 e. The van der Waals surface area contributed by atoms with Gasteiger partial charge in [-0.05, 0) is 91.0 Å². The fourth-order valence-electron chi connectivity index (χ4n) is 7.19. The molecule has 0 bridgehead atoms. The van der Waals surface area contributed by atoms with Gasteiger partial charge in [-0.15, -0.1) is 0 Å². The summed E-state index contributed by atoms with van der Waals surface area (Å²) in [6.07, 6.45) is 7.92. The fourth-order valence-corrected chi connectivity index (χ4v) is 7.19. The van der Waals surface area contributed by atoms with Crippen LogP contribution in [0.4, 0.5) is 0 Å². The third-order valence-electron chi connectivity index (χ3n) is 9.16. The Hall–Kier alpha value is -2.62. The highest BCUT2D eigenvalue weighted by Gasteiger charge is 2.54. The van der Waals surface area contributed by atoms with Crippen molar-refractivity contribution in [2.75, 3.05) is 7.05 Å². The number of benzene rings is 2. The van der Waals surface area contributed by atoms with Gasteiger partial charge in [0, 0.05) is 31.8 Å². The van der Waals surface area contributed by atoms with E-state index >= 15 is 0 Å². The Morgan fingerprint density at radius 3 is 2.71 bits per heavy atom. The summed E-state index contributed by atoms with van der Waals surface area (Å²) in [6, 6.07) is 14.3. The quantitative estimate of drug-likeness (QED) is 0.594. The minimum atomic E-state index is -0.107. The van der Waals surface area contributed by atoms with Crippen LogP contribution in [-0.2, 0) is 29.0 Å². The monoisotopic (exact) mass is 459 g/mol. The predicted molar refractivity (Wildman–Crippen MR) is 134 cm³/mol. The molecular formula is C30H37NO3. The van der Waals surface area contributed by atoms with E-state index in [0.29, 0.717) is 48.7 Å². The van der Waals surface area contributed by atoms with Gasteiger partial charge < -0.3 is 10.0 Å². The minimum Gasteiger partial charge on any atom is -0.508 e. The standard InChI is InChI=1S/C30H37NO3/c1-30-16-15-23-24(26(30)13-14-28(30)33)12-11-21-18-27(32)22(17-25(21)23)9-6-10-29(34)31(2)19-20-7-4-3-5-8-20/h3-5,7-8,17-18,23-24,26,32H,6,9-16,19H2,1-2H3/t23?,24?,26?,30-/m0/s1. The second kappa shape index (κ2) is 9.20. The first-order chi connectivity index (χ1) is 16.4. The zero-order chi connectivity index (χ0) is 23.9. The number of aromatic hydroxyl groups is 1. The molecule has 0 aliphatic heterocycles. The molecule has 0 spiro atoms. The number of carbonyl (C=O) groups excluding carboxylic acids is 2. The second-order valence-electron chi connectivity index (χ2n) is 11.1. The molecule has 0 radical (unpaired) electrons. The van der Waals surface area contributed by atoms with Gasteiger partial charge in [-0.3, -0.25) is 9.59 Å². The van der Waals surface area contributed by atoms with Gasteiger partial charge in [-0.2, -0.15) is 0 Å². The predicted octanol–water partition coefficient (Wildman–Crippen LogP) is 5.80. The summed E-state index contributed by atoms with van der Waals surface area (Å²) in [5.41, 5.74) is 4.68. The topological polar surface area (TPSA) is 57.6 Å². The zero-order valence-electron chi connectivity index (χ0n) is 20.6. The normalized spacial score (nSPS) is 27.6. The SMILES string of the molecule is CN(Cc1ccccc1)C(=O)CCCc1cc2c(cc1O)CCC1C2CC[C@]2(C)C(=O)CCC12. The van der Waals surface area contributed by atoms with Crippen LogP contribution in [0.2, 0.25) is 0 Å². The van der Waals surface area contributed by atoms with E-state index in [0.717, 1.165) is 56.1 Å². The van der Waals surface area contributed by atoms with Crippen LogP contribution in [0.5, 0.6) is 5.75 Å². The van der Waals surface area contributed by atoms with Crippen molar-refractivity contribution in [3.8, 4) is 5.75 Å². The number of amides is 1. The summed E-state index contributed by atoms with van der Waals surface area (Å²) in [6.45, 7) is 2.84. The highest BCUT2D eigenvalue weighted by atomic mass is 16.3. The van der Waals surface area contributed by atoms with E-state index in [1.54, 1.807) is 4.90 Å². The summed E-state index contributed by atoms with van der Waals surface area (Å²) in [7, 11) is 1.86. The van der Waals surface area contributed by atoms with E-state index in [2.05, 4.69) is 13.0 Å². The van der Waals surface area contributed by atoms with Crippen molar-refractivity contribution in [2.24, 2.45) is 17.3 Å². The van der Waals surface area contributed by atoms with Crippen molar-refractivity contribution in [2.45, 2.75) is 77.2 Å². The average molecular weight is 460 g/mol. The molecule has 180 valence electrons. The minimum absolute atomic E-state index is 0.107. The first-order valence-corrected chi connectivity index (χ1v) is 13.0. The molecule has 4 nitrogen and oxygen atoms in total. The van der Waals surface area contributed by atoms with Crippen molar-refractivity contribution < 1.29 is 14.7 Å². The van der Waals surface area contributed by atoms with Crippen molar-refractivity contribution in [1.29, 1.82) is 0 Å². The van der Waals surface area contributed by atoms with E-state index in [-0.39, 0.29) is 11.3 Å². The summed E-state index contributed by atoms with van der Waals surface area (Å²) >= 11 is 0. The van der Waals surface area contributed by atoms with Gasteiger partial charge in [0.2, 0.25) is 5.91 Å². The molecule has 0 aromatic heterocycles. The van der Waals surface area contributed by atoms with Crippen LogP contribution in [-0.4, -0.2) is 28.7 Å². The number of carbonyl (C=O) groups is 2. The highest BCUT2D eigenvalue weighted by Crippen LogP contribution is 2.59. The molecule has 2 saturated carbocycles. The molecule has 5 rings (SSSR count). The summed E-state index contributed by atoms with van der Waals surface area (Å²) in [5, 5.41) is 10.7. The fraction of sp³-hybridized carbons (Fsp3) is 0.533. The Morgan fingerprint density at radius 1 is 1.12 bits per heavy atom. The molecule has 1 N–H and O–H groups in total. The van der Waals surface area contributed by atoms with Crippen LogP contribution in [0.25, 0.3) is 0 Å². The third kappa shape index (κ3) is 4.16. The third-order valence-corrected chi connectivity index (χ3v) is 9.16. The van der Waals surface area contributed by atoms with E-state index < -0.39 is 0 Å². The van der Waals surface area contributed by atoms with Crippen molar-refractivity contribution in [1.82, 2.24) is 4.90 Å². The van der Waals surface area contributed by atoms with Crippen LogP contribution in [0, 0.1) is 17.3 Å². The van der Waals surface area contributed by atoms with Gasteiger partial charge in [-0.25, -0.2) is 0 Å². The lowest BCUT2D eigenvalue weighted by atomic mass is 9.55. The second-order valence-corrected chi connectivity index (χ2v) is 11.1. The lowest BCUT2D eigenvalue weighted by Gasteiger charge is -2.48. The number of fused-ring (bicyclic) bond motifs is 5. The van der Waals surface area contributed by atoms with Crippen LogP contribution in [0.1, 0.15) is 80.0 Å². The van der Waals surface area contributed by atoms with E-state index in [1.165, 1.54) is 11.1 Å². The van der Waals surface area contributed by atoms with Crippen LogP contribution in [0.15, 0.2) is 42.5 Å². The van der Waals surface area contributed by atoms with Gasteiger partial charge in [0.1, 0.15) is 11.5 Å². The van der Waals surface area contributed by atoms with Crippen LogP contribution >= 0.6 is 0 Å². The van der Waals surface area contributed by atoms with Crippen LogP contribution < -0.4 is 0 Å². The number of hydrogen-bond donors (Lipinski definition) is 1. The molecule has 0 heterocycles. The maximum Gasteiger partial charge on any atom is 0.222 e. The Bertz CT molecular complexity index is 1080. The maximum absolute atomic E-state index is 12.6. The molecule has 34 heavy (non-hydrogen) atoms. The van der Waals surface area contributed by atoms with Crippen molar-refractivity contribution in [3.63, 3.8) is 0 Å². The number of aryl methyl sites for hydroxylation is 2. The molecule has 0 saturated heterocycles. The van der Waals surface area contributed by atoms with Gasteiger partial charge in [0.05, 0.1) is 0 Å². The molecule has 2 fully saturated rings. The lowest BCUT2D eigenvalue weighted by Crippen LogP contribution is -2.42. The molecule has 3 aliphatic rings. The number of phenols is 1. The van der Waals surface area contributed by atoms with E-state index in [4.69, 9.17) is 0 Å². The van der Waals surface area contributed by atoms with Gasteiger partial charge in [0.15, 0.2) is 0 Å². The molecule has 3 aliphatic carbocycles. The first-order valence-electron chi connectivity index (χ1n) is 13.0. The first kappa shape index (κ1) is 23.1. The number of hydrogen-bond acceptors (Lipinski definition) is 3. The highest BCUT2D eigenvalue weighted by molar-refractivity contribution is 5.87. The molecule has 2 aromatic rings. The number of nitrogens with zero attached hydrogens (tertiary/aromatic N) is 1. The number of rotatable bonds is 6.